The maximum atomic E-state index is 12.1. The van der Waals surface area contributed by atoms with Crippen LogP contribution in [0.1, 0.15) is 52.0 Å². The Morgan fingerprint density at radius 1 is 1.39 bits per heavy atom. The van der Waals surface area contributed by atoms with Crippen molar-refractivity contribution < 1.29 is 9.53 Å². The standard InChI is InChI=1S/C17H28N4O2/c1-10-7-11(12-5-6-20-9-13(12)18)8-14(15(10)19)21-16(22)23-17(2,3)4/h5-6,9-11,14-15H,7-8,18-19H2,1-4H3,(H,21,22). The lowest BCUT2D eigenvalue weighted by molar-refractivity contribution is 0.0470. The minimum atomic E-state index is -0.524. The van der Waals surface area contributed by atoms with Gasteiger partial charge in [-0.1, -0.05) is 6.92 Å². The van der Waals surface area contributed by atoms with Gasteiger partial charge in [-0.3, -0.25) is 4.98 Å². The highest BCUT2D eigenvalue weighted by molar-refractivity contribution is 5.68. The van der Waals surface area contributed by atoms with Crippen molar-refractivity contribution in [2.75, 3.05) is 5.73 Å². The van der Waals surface area contributed by atoms with Crippen molar-refractivity contribution in [1.82, 2.24) is 10.3 Å². The number of carbonyl (C=O) groups excluding carboxylic acids is 1. The van der Waals surface area contributed by atoms with E-state index in [0.717, 1.165) is 18.4 Å². The molecule has 0 aromatic carbocycles. The van der Waals surface area contributed by atoms with Crippen molar-refractivity contribution in [3.8, 4) is 0 Å². The maximum absolute atomic E-state index is 12.1. The third kappa shape index (κ3) is 4.58. The van der Waals surface area contributed by atoms with E-state index in [0.29, 0.717) is 5.69 Å². The van der Waals surface area contributed by atoms with Gasteiger partial charge in [0.2, 0.25) is 0 Å². The highest BCUT2D eigenvalue weighted by atomic mass is 16.6. The summed E-state index contributed by atoms with van der Waals surface area (Å²) >= 11 is 0. The molecule has 128 valence electrons. The van der Waals surface area contributed by atoms with E-state index in [2.05, 4.69) is 17.2 Å². The Morgan fingerprint density at radius 2 is 2.09 bits per heavy atom. The lowest BCUT2D eigenvalue weighted by atomic mass is 9.73. The monoisotopic (exact) mass is 320 g/mol. The third-order valence-electron chi connectivity index (χ3n) is 4.35. The summed E-state index contributed by atoms with van der Waals surface area (Å²) in [5.74, 6) is 0.536. The van der Waals surface area contributed by atoms with Crippen molar-refractivity contribution in [3.63, 3.8) is 0 Å². The first kappa shape index (κ1) is 17.5. The van der Waals surface area contributed by atoms with Crippen LogP contribution in [0.15, 0.2) is 18.5 Å². The number of hydrogen-bond donors (Lipinski definition) is 3. The minimum Gasteiger partial charge on any atom is -0.444 e. The van der Waals surface area contributed by atoms with E-state index in [1.54, 1.807) is 12.4 Å². The van der Waals surface area contributed by atoms with Crippen LogP contribution < -0.4 is 16.8 Å². The van der Waals surface area contributed by atoms with E-state index in [1.807, 2.05) is 26.8 Å². The Morgan fingerprint density at radius 3 is 2.70 bits per heavy atom. The third-order valence-corrected chi connectivity index (χ3v) is 4.35. The lowest BCUT2D eigenvalue weighted by Crippen LogP contribution is -2.54. The maximum Gasteiger partial charge on any atom is 0.407 e. The molecule has 1 saturated carbocycles. The number of nitrogen functional groups attached to an aromatic ring is 1. The number of anilines is 1. The molecular formula is C17H28N4O2. The molecule has 1 aromatic heterocycles. The van der Waals surface area contributed by atoms with Crippen LogP contribution in [-0.2, 0) is 4.74 Å². The molecule has 1 amide bonds. The summed E-state index contributed by atoms with van der Waals surface area (Å²) in [4.78, 5) is 16.1. The number of aromatic nitrogens is 1. The zero-order valence-electron chi connectivity index (χ0n) is 14.4. The van der Waals surface area contributed by atoms with Crippen molar-refractivity contribution >= 4 is 11.8 Å². The molecule has 6 heteroatoms. The van der Waals surface area contributed by atoms with Gasteiger partial charge in [0.25, 0.3) is 0 Å². The highest BCUT2D eigenvalue weighted by Crippen LogP contribution is 2.37. The van der Waals surface area contributed by atoms with Crippen molar-refractivity contribution in [1.29, 1.82) is 0 Å². The molecule has 1 aromatic rings. The molecule has 4 atom stereocenters. The fourth-order valence-electron chi connectivity index (χ4n) is 3.22. The second-order valence-corrected chi connectivity index (χ2v) is 7.48. The van der Waals surface area contributed by atoms with Crippen LogP contribution in [0.3, 0.4) is 0 Å². The van der Waals surface area contributed by atoms with Crippen molar-refractivity contribution in [2.45, 2.75) is 64.1 Å². The number of hydrogen-bond acceptors (Lipinski definition) is 5. The minimum absolute atomic E-state index is 0.0955. The van der Waals surface area contributed by atoms with Gasteiger partial charge < -0.3 is 21.5 Å². The van der Waals surface area contributed by atoms with Gasteiger partial charge in [0.1, 0.15) is 5.60 Å². The summed E-state index contributed by atoms with van der Waals surface area (Å²) in [6.07, 6.45) is 4.70. The van der Waals surface area contributed by atoms with Gasteiger partial charge in [-0.25, -0.2) is 4.79 Å². The van der Waals surface area contributed by atoms with Gasteiger partial charge >= 0.3 is 6.09 Å². The van der Waals surface area contributed by atoms with Crippen LogP contribution in [0.2, 0.25) is 0 Å². The summed E-state index contributed by atoms with van der Waals surface area (Å²) in [6.45, 7) is 7.64. The zero-order valence-corrected chi connectivity index (χ0v) is 14.4. The number of rotatable bonds is 2. The molecule has 0 radical (unpaired) electrons. The molecular weight excluding hydrogens is 292 g/mol. The van der Waals surface area contributed by atoms with Crippen LogP contribution >= 0.6 is 0 Å². The van der Waals surface area contributed by atoms with Gasteiger partial charge in [0.05, 0.1) is 11.9 Å². The number of alkyl carbamates (subject to hydrolysis) is 1. The molecule has 1 fully saturated rings. The number of pyridine rings is 1. The predicted molar refractivity (Wildman–Crippen MR) is 90.9 cm³/mol. The number of ether oxygens (including phenoxy) is 1. The molecule has 4 unspecified atom stereocenters. The fourth-order valence-corrected chi connectivity index (χ4v) is 3.22. The fraction of sp³-hybridized carbons (Fsp3) is 0.647. The van der Waals surface area contributed by atoms with Crippen molar-refractivity contribution in [2.24, 2.45) is 11.7 Å². The molecule has 5 N–H and O–H groups in total. The quantitative estimate of drug-likeness (QED) is 0.776. The van der Waals surface area contributed by atoms with Crippen LogP contribution in [0.25, 0.3) is 0 Å². The average molecular weight is 320 g/mol. The van der Waals surface area contributed by atoms with Crippen LogP contribution in [0.5, 0.6) is 0 Å². The molecule has 0 bridgehead atoms. The van der Waals surface area contributed by atoms with Gasteiger partial charge in [0, 0.05) is 18.3 Å². The molecule has 0 spiro atoms. The number of nitrogens with one attached hydrogen (secondary N) is 1. The van der Waals surface area contributed by atoms with Gasteiger partial charge in [0.15, 0.2) is 0 Å². The Balaban J connectivity index is 2.10. The number of amides is 1. The highest BCUT2D eigenvalue weighted by Gasteiger charge is 2.36. The SMILES string of the molecule is CC1CC(c2ccncc2N)CC(NC(=O)OC(C)(C)C)C1N. The van der Waals surface area contributed by atoms with Gasteiger partial charge in [-0.15, -0.1) is 0 Å². The Bertz CT molecular complexity index is 556. The van der Waals surface area contributed by atoms with Gasteiger partial charge in [-0.05, 0) is 57.1 Å². The Hall–Kier alpha value is -1.82. The summed E-state index contributed by atoms with van der Waals surface area (Å²) in [6, 6.07) is 1.72. The number of nitrogens with zero attached hydrogens (tertiary/aromatic N) is 1. The zero-order chi connectivity index (χ0) is 17.2. The second-order valence-electron chi connectivity index (χ2n) is 7.48. The van der Waals surface area contributed by atoms with Crippen LogP contribution in [0, 0.1) is 5.92 Å². The first-order chi connectivity index (χ1) is 10.7. The normalized spacial score (nSPS) is 28.2. The Kier molecular flexibility index (Phi) is 5.14. The van der Waals surface area contributed by atoms with E-state index in [-0.39, 0.29) is 23.9 Å². The molecule has 0 saturated heterocycles. The smallest absolute Gasteiger partial charge is 0.407 e. The number of carbonyl (C=O) groups is 1. The van der Waals surface area contributed by atoms with Crippen LogP contribution in [-0.4, -0.2) is 28.8 Å². The molecule has 6 nitrogen and oxygen atoms in total. The Labute approximate surface area is 138 Å². The number of nitrogens with two attached hydrogens (primary N) is 2. The topological polar surface area (TPSA) is 103 Å². The van der Waals surface area contributed by atoms with E-state index in [1.165, 1.54) is 0 Å². The molecule has 1 aliphatic rings. The summed E-state index contributed by atoms with van der Waals surface area (Å²) < 4.78 is 5.35. The van der Waals surface area contributed by atoms with E-state index in [9.17, 15) is 4.79 Å². The van der Waals surface area contributed by atoms with E-state index < -0.39 is 11.7 Å². The lowest BCUT2D eigenvalue weighted by Gasteiger charge is -2.39. The molecule has 1 aliphatic carbocycles. The van der Waals surface area contributed by atoms with E-state index >= 15 is 0 Å². The largest absolute Gasteiger partial charge is 0.444 e. The molecule has 2 rings (SSSR count). The molecule has 23 heavy (non-hydrogen) atoms. The summed E-state index contributed by atoms with van der Waals surface area (Å²) in [5.41, 5.74) is 13.6. The first-order valence-corrected chi connectivity index (χ1v) is 8.12. The second kappa shape index (κ2) is 6.74. The first-order valence-electron chi connectivity index (χ1n) is 8.12. The summed E-state index contributed by atoms with van der Waals surface area (Å²) in [5, 5.41) is 2.93. The molecule has 0 aliphatic heterocycles. The predicted octanol–water partition coefficient (Wildman–Crippen LogP) is 2.40. The van der Waals surface area contributed by atoms with Gasteiger partial charge in [-0.2, -0.15) is 0 Å². The molecule has 1 heterocycles. The average Bonchev–Trinajstić information content (AvgIpc) is 2.42. The van der Waals surface area contributed by atoms with Crippen LogP contribution in [0.4, 0.5) is 10.5 Å². The van der Waals surface area contributed by atoms with E-state index in [4.69, 9.17) is 16.2 Å². The van der Waals surface area contributed by atoms with Crippen molar-refractivity contribution in [3.05, 3.63) is 24.0 Å². The summed E-state index contributed by atoms with van der Waals surface area (Å²) in [7, 11) is 0.